The zero-order valence-electron chi connectivity index (χ0n) is 14.6. The first-order chi connectivity index (χ1) is 12.8. The number of benzene rings is 2. The lowest BCUT2D eigenvalue weighted by Crippen LogP contribution is -2.41. The predicted octanol–water partition coefficient (Wildman–Crippen LogP) is 2.29. The van der Waals surface area contributed by atoms with E-state index >= 15 is 0 Å². The average molecular weight is 394 g/mol. The van der Waals surface area contributed by atoms with Crippen molar-refractivity contribution in [2.45, 2.75) is 24.3 Å². The Bertz CT molecular complexity index is 931. The van der Waals surface area contributed by atoms with Crippen molar-refractivity contribution >= 4 is 21.6 Å². The van der Waals surface area contributed by atoms with Crippen LogP contribution in [0.15, 0.2) is 47.4 Å². The van der Waals surface area contributed by atoms with Crippen molar-refractivity contribution in [3.8, 4) is 11.5 Å². The molecule has 1 aliphatic heterocycles. The fourth-order valence-corrected chi connectivity index (χ4v) is 3.67. The number of hydrogen-bond acceptors (Lipinski definition) is 5. The van der Waals surface area contributed by atoms with E-state index in [1.807, 2.05) is 0 Å². The summed E-state index contributed by atoms with van der Waals surface area (Å²) in [6.07, 6.45) is 0.704. The summed E-state index contributed by atoms with van der Waals surface area (Å²) in [5, 5.41) is 2.52. The quantitative estimate of drug-likeness (QED) is 0.812. The second-order valence-corrected chi connectivity index (χ2v) is 7.71. The highest BCUT2D eigenvalue weighted by atomic mass is 32.2. The molecule has 0 saturated heterocycles. The second-order valence-electron chi connectivity index (χ2n) is 6.00. The molecule has 2 aromatic rings. The minimum absolute atomic E-state index is 0.0341. The van der Waals surface area contributed by atoms with E-state index in [4.69, 9.17) is 9.47 Å². The first-order valence-corrected chi connectivity index (χ1v) is 9.82. The molecule has 2 N–H and O–H groups in total. The van der Waals surface area contributed by atoms with E-state index < -0.39 is 27.8 Å². The summed E-state index contributed by atoms with van der Waals surface area (Å²) in [5.74, 6) is -0.178. The summed E-state index contributed by atoms with van der Waals surface area (Å²) in [6.45, 7) is 2.35. The zero-order valence-corrected chi connectivity index (χ0v) is 15.4. The van der Waals surface area contributed by atoms with Crippen molar-refractivity contribution in [3.05, 3.63) is 48.3 Å². The predicted molar refractivity (Wildman–Crippen MR) is 96.9 cm³/mol. The minimum atomic E-state index is -3.96. The highest BCUT2D eigenvalue weighted by Gasteiger charge is 2.24. The molecule has 1 heterocycles. The normalized spacial score (nSPS) is 14.9. The summed E-state index contributed by atoms with van der Waals surface area (Å²) in [5.41, 5.74) is 0.364. The maximum atomic E-state index is 12.9. The molecule has 1 atom stereocenters. The lowest BCUT2D eigenvalue weighted by Gasteiger charge is -2.15. The number of anilines is 1. The number of ether oxygens (including phenoxy) is 2. The third-order valence-corrected chi connectivity index (χ3v) is 5.40. The summed E-state index contributed by atoms with van der Waals surface area (Å²) < 4.78 is 51.4. The molecule has 1 aliphatic rings. The van der Waals surface area contributed by atoms with Crippen LogP contribution in [-0.2, 0) is 14.8 Å². The Kier molecular flexibility index (Phi) is 5.62. The molecule has 3 rings (SSSR count). The highest BCUT2D eigenvalue weighted by Crippen LogP contribution is 2.31. The minimum Gasteiger partial charge on any atom is -0.490 e. The Balaban J connectivity index is 1.70. The van der Waals surface area contributed by atoms with E-state index in [0.717, 1.165) is 0 Å². The van der Waals surface area contributed by atoms with Gasteiger partial charge in [-0.3, -0.25) is 4.79 Å². The first kappa shape index (κ1) is 19.1. The molecular weight excluding hydrogens is 375 g/mol. The topological polar surface area (TPSA) is 93.7 Å². The van der Waals surface area contributed by atoms with Crippen LogP contribution in [0.4, 0.5) is 10.1 Å². The number of fused-ring (bicyclic) bond motifs is 1. The van der Waals surface area contributed by atoms with E-state index in [1.165, 1.54) is 49.4 Å². The van der Waals surface area contributed by atoms with Gasteiger partial charge in [0, 0.05) is 18.2 Å². The van der Waals surface area contributed by atoms with Gasteiger partial charge >= 0.3 is 0 Å². The van der Waals surface area contributed by atoms with E-state index in [-0.39, 0.29) is 4.90 Å². The van der Waals surface area contributed by atoms with Crippen molar-refractivity contribution in [1.82, 2.24) is 4.72 Å². The summed E-state index contributed by atoms with van der Waals surface area (Å²) in [4.78, 5) is 12.2. The van der Waals surface area contributed by atoms with Crippen molar-refractivity contribution < 1.29 is 27.1 Å². The molecule has 1 amide bonds. The molecule has 27 heavy (non-hydrogen) atoms. The Morgan fingerprint density at radius 3 is 2.44 bits per heavy atom. The van der Waals surface area contributed by atoms with Gasteiger partial charge in [-0.1, -0.05) is 0 Å². The standard InChI is InChI=1S/C18H19FN2O5S/c1-12(18(22)20-14-5-3-13(19)4-6-14)21-27(23,24)15-7-8-16-17(11-15)26-10-2-9-25-16/h3-8,11-12,21H,2,9-10H2,1H3,(H,20,22)/t12-/m0/s1. The van der Waals surface area contributed by atoms with Crippen LogP contribution in [0.3, 0.4) is 0 Å². The summed E-state index contributed by atoms with van der Waals surface area (Å²) >= 11 is 0. The van der Waals surface area contributed by atoms with Crippen molar-refractivity contribution in [1.29, 1.82) is 0 Å². The summed E-state index contributed by atoms with van der Waals surface area (Å²) in [7, 11) is -3.96. The maximum absolute atomic E-state index is 12.9. The Hall–Kier alpha value is -2.65. The van der Waals surface area contributed by atoms with E-state index in [9.17, 15) is 17.6 Å². The molecule has 0 aromatic heterocycles. The number of amides is 1. The molecule has 0 aliphatic carbocycles. The van der Waals surface area contributed by atoms with E-state index in [2.05, 4.69) is 10.0 Å². The van der Waals surface area contributed by atoms with Crippen LogP contribution in [0, 0.1) is 5.82 Å². The largest absolute Gasteiger partial charge is 0.490 e. The van der Waals surface area contributed by atoms with Gasteiger partial charge in [-0.15, -0.1) is 0 Å². The van der Waals surface area contributed by atoms with Crippen LogP contribution in [0.1, 0.15) is 13.3 Å². The molecule has 7 nitrogen and oxygen atoms in total. The average Bonchev–Trinajstić information content (AvgIpc) is 2.88. The third kappa shape index (κ3) is 4.75. The maximum Gasteiger partial charge on any atom is 0.242 e. The Morgan fingerprint density at radius 2 is 1.74 bits per heavy atom. The smallest absolute Gasteiger partial charge is 0.242 e. The van der Waals surface area contributed by atoms with Gasteiger partial charge in [0.05, 0.1) is 24.2 Å². The molecule has 0 spiro atoms. The number of rotatable bonds is 5. The van der Waals surface area contributed by atoms with Crippen LogP contribution >= 0.6 is 0 Å². The molecule has 0 saturated carbocycles. The van der Waals surface area contributed by atoms with Crippen molar-refractivity contribution in [2.75, 3.05) is 18.5 Å². The van der Waals surface area contributed by atoms with Gasteiger partial charge in [0.25, 0.3) is 0 Å². The fraction of sp³-hybridized carbons (Fsp3) is 0.278. The van der Waals surface area contributed by atoms with Gasteiger partial charge in [-0.2, -0.15) is 4.72 Å². The Morgan fingerprint density at radius 1 is 1.07 bits per heavy atom. The highest BCUT2D eigenvalue weighted by molar-refractivity contribution is 7.89. The third-order valence-electron chi connectivity index (χ3n) is 3.87. The number of hydrogen-bond donors (Lipinski definition) is 2. The van der Waals surface area contributed by atoms with Crippen LogP contribution in [-0.4, -0.2) is 33.6 Å². The zero-order chi connectivity index (χ0) is 19.4. The number of halogens is 1. The van der Waals surface area contributed by atoms with Crippen LogP contribution in [0.5, 0.6) is 11.5 Å². The van der Waals surface area contributed by atoms with Gasteiger partial charge in [-0.25, -0.2) is 12.8 Å². The molecule has 0 bridgehead atoms. The van der Waals surface area contributed by atoms with Gasteiger partial charge in [0.1, 0.15) is 5.82 Å². The lowest BCUT2D eigenvalue weighted by molar-refractivity contribution is -0.117. The van der Waals surface area contributed by atoms with Gasteiger partial charge in [-0.05, 0) is 43.3 Å². The molecule has 0 radical (unpaired) electrons. The number of sulfonamides is 1. The molecule has 2 aromatic carbocycles. The second kappa shape index (κ2) is 7.93. The van der Waals surface area contributed by atoms with Crippen molar-refractivity contribution in [3.63, 3.8) is 0 Å². The summed E-state index contributed by atoms with van der Waals surface area (Å²) in [6, 6.07) is 8.41. The Labute approximate surface area is 156 Å². The lowest BCUT2D eigenvalue weighted by atomic mass is 10.3. The number of carbonyl (C=O) groups excluding carboxylic acids is 1. The molecule has 9 heteroatoms. The first-order valence-electron chi connectivity index (χ1n) is 8.33. The van der Waals surface area contributed by atoms with E-state index in [1.54, 1.807) is 0 Å². The van der Waals surface area contributed by atoms with Gasteiger partial charge < -0.3 is 14.8 Å². The number of nitrogens with one attached hydrogen (secondary N) is 2. The molecule has 144 valence electrons. The molecular formula is C18H19FN2O5S. The van der Waals surface area contributed by atoms with Gasteiger partial charge in [0.15, 0.2) is 11.5 Å². The van der Waals surface area contributed by atoms with Crippen LogP contribution < -0.4 is 19.5 Å². The van der Waals surface area contributed by atoms with Crippen molar-refractivity contribution in [2.24, 2.45) is 0 Å². The number of carbonyl (C=O) groups is 1. The SMILES string of the molecule is C[C@H](NS(=O)(=O)c1ccc2c(c1)OCCCO2)C(=O)Nc1ccc(F)cc1. The molecule has 0 unspecified atom stereocenters. The van der Waals surface area contributed by atoms with E-state index in [0.29, 0.717) is 36.8 Å². The van der Waals surface area contributed by atoms with Gasteiger partial charge in [0.2, 0.25) is 15.9 Å². The van der Waals surface area contributed by atoms with Crippen LogP contribution in [0.25, 0.3) is 0 Å². The molecule has 0 fully saturated rings. The van der Waals surface area contributed by atoms with Crippen LogP contribution in [0.2, 0.25) is 0 Å². The monoisotopic (exact) mass is 394 g/mol. The fourth-order valence-electron chi connectivity index (χ4n) is 2.45.